The van der Waals surface area contributed by atoms with E-state index in [0.717, 1.165) is 66.9 Å². The molecule has 0 amide bonds. The molecule has 0 atom stereocenters. The van der Waals surface area contributed by atoms with Gasteiger partial charge in [-0.1, -0.05) is 146 Å². The van der Waals surface area contributed by atoms with E-state index in [1.807, 2.05) is 12.1 Å². The van der Waals surface area contributed by atoms with Gasteiger partial charge in [0.15, 0.2) is 0 Å². The van der Waals surface area contributed by atoms with Crippen LogP contribution >= 0.6 is 0 Å². The maximum absolute atomic E-state index is 6.27. The number of benzene rings is 9. The standard InChI is InChI=1S/C54H36N2O/c1-2-14-37(15-3-1)39-16-12-17-41(34-39)45-20-4-8-24-50(45)55(42-31-28-38(29-32-42)40-30-33-49-48-23-7-11-27-53(48)57-54(49)35-40)43-18-13-19-44(36-43)56-51-25-9-5-21-46(51)47-22-6-10-26-52(47)56/h1-36H. The van der Waals surface area contributed by atoms with E-state index >= 15 is 0 Å². The third-order valence-electron chi connectivity index (χ3n) is 11.2. The molecule has 3 nitrogen and oxygen atoms in total. The summed E-state index contributed by atoms with van der Waals surface area (Å²) in [6.45, 7) is 0. The molecule has 57 heavy (non-hydrogen) atoms. The fraction of sp³-hybridized carbons (Fsp3) is 0. The molecule has 3 heteroatoms. The van der Waals surface area contributed by atoms with Gasteiger partial charge in [0.05, 0.1) is 16.7 Å². The zero-order chi connectivity index (χ0) is 37.7. The molecule has 0 saturated carbocycles. The first-order valence-electron chi connectivity index (χ1n) is 19.4. The van der Waals surface area contributed by atoms with Gasteiger partial charge in [-0.15, -0.1) is 0 Å². The Kier molecular flexibility index (Phi) is 7.82. The summed E-state index contributed by atoms with van der Waals surface area (Å²) >= 11 is 0. The Morgan fingerprint density at radius 3 is 1.72 bits per heavy atom. The van der Waals surface area contributed by atoms with Crippen molar-refractivity contribution in [3.63, 3.8) is 0 Å². The lowest BCUT2D eigenvalue weighted by atomic mass is 9.97. The fourth-order valence-electron chi connectivity index (χ4n) is 8.52. The second kappa shape index (κ2) is 13.6. The molecule has 0 aliphatic rings. The number of nitrogens with zero attached hydrogens (tertiary/aromatic N) is 2. The van der Waals surface area contributed by atoms with Gasteiger partial charge in [-0.2, -0.15) is 0 Å². The number of aromatic nitrogens is 1. The average Bonchev–Trinajstić information content (AvgIpc) is 3.83. The highest BCUT2D eigenvalue weighted by Crippen LogP contribution is 2.43. The maximum atomic E-state index is 6.27. The van der Waals surface area contributed by atoms with Crippen molar-refractivity contribution in [2.24, 2.45) is 0 Å². The summed E-state index contributed by atoms with van der Waals surface area (Å²) in [6, 6.07) is 78.2. The van der Waals surface area contributed by atoms with E-state index in [0.29, 0.717) is 0 Å². The number of rotatable bonds is 7. The van der Waals surface area contributed by atoms with Gasteiger partial charge in [0, 0.05) is 44.2 Å². The molecule has 0 N–H and O–H groups in total. The first-order valence-corrected chi connectivity index (χ1v) is 19.4. The van der Waals surface area contributed by atoms with E-state index in [1.165, 1.54) is 32.9 Å². The van der Waals surface area contributed by atoms with E-state index in [2.05, 4.69) is 216 Å². The molecule has 0 radical (unpaired) electrons. The monoisotopic (exact) mass is 728 g/mol. The number of para-hydroxylation sites is 4. The SMILES string of the molecule is c1ccc(-c2cccc(-c3ccccc3N(c3ccc(-c4ccc5c(c4)oc4ccccc45)cc3)c3cccc(-n4c5ccccc5c5ccccc54)c3)c2)cc1. The molecule has 0 unspecified atom stereocenters. The summed E-state index contributed by atoms with van der Waals surface area (Å²) in [5.74, 6) is 0. The van der Waals surface area contributed by atoms with Crippen LogP contribution in [0.2, 0.25) is 0 Å². The van der Waals surface area contributed by atoms with Gasteiger partial charge < -0.3 is 13.9 Å². The number of hydrogen-bond donors (Lipinski definition) is 0. The molecule has 0 spiro atoms. The molecule has 11 rings (SSSR count). The topological polar surface area (TPSA) is 21.3 Å². The van der Waals surface area contributed by atoms with Crippen molar-refractivity contribution in [3.8, 4) is 39.1 Å². The van der Waals surface area contributed by atoms with Crippen molar-refractivity contribution in [2.75, 3.05) is 4.90 Å². The van der Waals surface area contributed by atoms with Crippen LogP contribution in [0.5, 0.6) is 0 Å². The molecule has 268 valence electrons. The van der Waals surface area contributed by atoms with Crippen molar-refractivity contribution < 1.29 is 4.42 Å². The minimum atomic E-state index is 0.896. The number of anilines is 3. The molecule has 11 aromatic rings. The summed E-state index contributed by atoms with van der Waals surface area (Å²) in [5, 5.41) is 4.76. The van der Waals surface area contributed by atoms with Crippen molar-refractivity contribution in [1.82, 2.24) is 4.57 Å². The van der Waals surface area contributed by atoms with Crippen LogP contribution in [0.25, 0.3) is 82.8 Å². The van der Waals surface area contributed by atoms with Crippen LogP contribution in [0, 0.1) is 0 Å². The first-order chi connectivity index (χ1) is 28.3. The predicted molar refractivity (Wildman–Crippen MR) is 239 cm³/mol. The highest BCUT2D eigenvalue weighted by Gasteiger charge is 2.20. The lowest BCUT2D eigenvalue weighted by Gasteiger charge is -2.28. The van der Waals surface area contributed by atoms with E-state index in [1.54, 1.807) is 0 Å². The summed E-state index contributed by atoms with van der Waals surface area (Å²) in [5.41, 5.74) is 15.5. The van der Waals surface area contributed by atoms with Crippen molar-refractivity contribution in [2.45, 2.75) is 0 Å². The number of hydrogen-bond acceptors (Lipinski definition) is 2. The van der Waals surface area contributed by atoms with Gasteiger partial charge in [0.1, 0.15) is 11.2 Å². The Labute approximate surface area is 330 Å². The normalized spacial score (nSPS) is 11.5. The second-order valence-corrected chi connectivity index (χ2v) is 14.5. The molecule has 0 fully saturated rings. The van der Waals surface area contributed by atoms with Crippen LogP contribution in [0.4, 0.5) is 17.1 Å². The Morgan fingerprint density at radius 1 is 0.333 bits per heavy atom. The summed E-state index contributed by atoms with van der Waals surface area (Å²) in [6.07, 6.45) is 0. The smallest absolute Gasteiger partial charge is 0.136 e. The van der Waals surface area contributed by atoms with Crippen LogP contribution in [-0.2, 0) is 0 Å². The lowest BCUT2D eigenvalue weighted by Crippen LogP contribution is -2.11. The first kappa shape index (κ1) is 32.8. The van der Waals surface area contributed by atoms with Crippen LogP contribution in [0.15, 0.2) is 223 Å². The minimum absolute atomic E-state index is 0.896. The Bertz CT molecular complexity index is 3190. The Hall–Kier alpha value is -7.62. The van der Waals surface area contributed by atoms with Crippen LogP contribution in [-0.4, -0.2) is 4.57 Å². The minimum Gasteiger partial charge on any atom is -0.456 e. The van der Waals surface area contributed by atoms with E-state index in [9.17, 15) is 0 Å². The highest BCUT2D eigenvalue weighted by molar-refractivity contribution is 6.09. The third kappa shape index (κ3) is 5.68. The summed E-state index contributed by atoms with van der Waals surface area (Å²) in [4.78, 5) is 2.40. The quantitative estimate of drug-likeness (QED) is 0.163. The van der Waals surface area contributed by atoms with Gasteiger partial charge in [-0.05, 0) is 101 Å². The van der Waals surface area contributed by atoms with Gasteiger partial charge in [0.25, 0.3) is 0 Å². The largest absolute Gasteiger partial charge is 0.456 e. The average molecular weight is 729 g/mol. The van der Waals surface area contributed by atoms with Crippen LogP contribution in [0.1, 0.15) is 0 Å². The molecule has 0 aliphatic heterocycles. The molecule has 9 aromatic carbocycles. The maximum Gasteiger partial charge on any atom is 0.136 e. The van der Waals surface area contributed by atoms with Gasteiger partial charge in [0.2, 0.25) is 0 Å². The number of fused-ring (bicyclic) bond motifs is 6. The van der Waals surface area contributed by atoms with E-state index in [-0.39, 0.29) is 0 Å². The van der Waals surface area contributed by atoms with Crippen LogP contribution in [0.3, 0.4) is 0 Å². The van der Waals surface area contributed by atoms with E-state index < -0.39 is 0 Å². The van der Waals surface area contributed by atoms with Crippen molar-refractivity contribution >= 4 is 60.8 Å². The zero-order valence-corrected chi connectivity index (χ0v) is 31.1. The molecular formula is C54H36N2O. The predicted octanol–water partition coefficient (Wildman–Crippen LogP) is 15.2. The van der Waals surface area contributed by atoms with Gasteiger partial charge in [-0.25, -0.2) is 0 Å². The molecular weight excluding hydrogens is 693 g/mol. The van der Waals surface area contributed by atoms with Gasteiger partial charge >= 0.3 is 0 Å². The Morgan fingerprint density at radius 2 is 0.912 bits per heavy atom. The molecule has 2 aromatic heterocycles. The van der Waals surface area contributed by atoms with E-state index in [4.69, 9.17) is 4.42 Å². The van der Waals surface area contributed by atoms with Crippen molar-refractivity contribution in [1.29, 1.82) is 0 Å². The van der Waals surface area contributed by atoms with Crippen molar-refractivity contribution in [3.05, 3.63) is 218 Å². The van der Waals surface area contributed by atoms with Gasteiger partial charge in [-0.3, -0.25) is 0 Å². The number of furan rings is 1. The zero-order valence-electron chi connectivity index (χ0n) is 31.1. The lowest BCUT2D eigenvalue weighted by molar-refractivity contribution is 0.669. The summed E-state index contributed by atoms with van der Waals surface area (Å²) < 4.78 is 8.66. The molecule has 0 bridgehead atoms. The Balaban J connectivity index is 1.07. The third-order valence-corrected chi connectivity index (χ3v) is 11.2. The van der Waals surface area contributed by atoms with Crippen LogP contribution < -0.4 is 4.90 Å². The highest BCUT2D eigenvalue weighted by atomic mass is 16.3. The summed E-state index contributed by atoms with van der Waals surface area (Å²) in [7, 11) is 0. The molecule has 0 saturated heterocycles. The fourth-order valence-corrected chi connectivity index (χ4v) is 8.52. The molecule has 2 heterocycles. The second-order valence-electron chi connectivity index (χ2n) is 14.5. The molecule has 0 aliphatic carbocycles.